The molecule has 1 fully saturated rings. The van der Waals surface area contributed by atoms with Crippen LogP contribution in [0.1, 0.15) is 46.2 Å². The number of ether oxygens (including phenoxy) is 1. The van der Waals surface area contributed by atoms with E-state index in [2.05, 4.69) is 21.8 Å². The number of imidazole rings is 1. The van der Waals surface area contributed by atoms with Crippen molar-refractivity contribution in [1.29, 1.82) is 0 Å². The third-order valence-corrected chi connectivity index (χ3v) is 3.83. The van der Waals surface area contributed by atoms with Crippen LogP contribution in [0.3, 0.4) is 0 Å². The van der Waals surface area contributed by atoms with E-state index in [1.807, 2.05) is 38.2 Å². The van der Waals surface area contributed by atoms with Crippen molar-refractivity contribution >= 4 is 6.09 Å². The van der Waals surface area contributed by atoms with Crippen LogP contribution >= 0.6 is 0 Å². The summed E-state index contributed by atoms with van der Waals surface area (Å²) in [7, 11) is 0. The number of hydrogen-bond donors (Lipinski definition) is 1. The normalized spacial score (nSPS) is 18.7. The highest BCUT2D eigenvalue weighted by atomic mass is 16.6. The van der Waals surface area contributed by atoms with Gasteiger partial charge >= 0.3 is 6.09 Å². The zero-order chi connectivity index (χ0) is 16.2. The number of amides is 1. The first-order valence-corrected chi connectivity index (χ1v) is 8.10. The van der Waals surface area contributed by atoms with E-state index in [0.29, 0.717) is 0 Å². The Morgan fingerprint density at radius 2 is 2.27 bits per heavy atom. The topological polar surface area (TPSA) is 59.4 Å². The molecule has 6 heteroatoms. The number of likely N-dealkylation sites (tertiary alicyclic amines) is 1. The van der Waals surface area contributed by atoms with Crippen molar-refractivity contribution in [3.63, 3.8) is 0 Å². The number of aromatic nitrogens is 2. The molecule has 1 N–H and O–H groups in total. The van der Waals surface area contributed by atoms with Crippen molar-refractivity contribution in [2.45, 2.75) is 65.3 Å². The first-order valence-electron chi connectivity index (χ1n) is 8.10. The van der Waals surface area contributed by atoms with Gasteiger partial charge in [-0.05, 0) is 40.5 Å². The van der Waals surface area contributed by atoms with Gasteiger partial charge in [0.15, 0.2) is 0 Å². The molecule has 0 aliphatic carbocycles. The predicted molar refractivity (Wildman–Crippen MR) is 85.6 cm³/mol. The molecule has 2 heterocycles. The van der Waals surface area contributed by atoms with Gasteiger partial charge in [0.2, 0.25) is 0 Å². The molecule has 0 bridgehead atoms. The Balaban J connectivity index is 1.82. The summed E-state index contributed by atoms with van der Waals surface area (Å²) in [6, 6.07) is 0.216. The second kappa shape index (κ2) is 7.13. The molecule has 1 aliphatic heterocycles. The Kier molecular flexibility index (Phi) is 5.45. The number of hydrogen-bond acceptors (Lipinski definition) is 4. The third kappa shape index (κ3) is 4.47. The first kappa shape index (κ1) is 16.8. The van der Waals surface area contributed by atoms with Crippen LogP contribution in [-0.2, 0) is 17.8 Å². The Morgan fingerprint density at radius 3 is 2.95 bits per heavy atom. The van der Waals surface area contributed by atoms with E-state index in [0.717, 1.165) is 39.0 Å². The van der Waals surface area contributed by atoms with Crippen LogP contribution in [0, 0.1) is 0 Å². The van der Waals surface area contributed by atoms with E-state index in [4.69, 9.17) is 4.74 Å². The molecule has 1 aromatic heterocycles. The fraction of sp³-hybridized carbons (Fsp3) is 0.750. The summed E-state index contributed by atoms with van der Waals surface area (Å²) < 4.78 is 7.60. The quantitative estimate of drug-likeness (QED) is 0.907. The molecule has 0 radical (unpaired) electrons. The summed E-state index contributed by atoms with van der Waals surface area (Å²) >= 11 is 0. The van der Waals surface area contributed by atoms with Gasteiger partial charge in [0.05, 0.1) is 12.0 Å². The summed E-state index contributed by atoms with van der Waals surface area (Å²) in [6.07, 6.45) is 5.60. The van der Waals surface area contributed by atoms with Gasteiger partial charge in [-0.1, -0.05) is 0 Å². The molecular weight excluding hydrogens is 280 g/mol. The predicted octanol–water partition coefficient (Wildman–Crippen LogP) is 2.39. The molecule has 0 spiro atoms. The van der Waals surface area contributed by atoms with Gasteiger partial charge in [-0.3, -0.25) is 0 Å². The fourth-order valence-corrected chi connectivity index (χ4v) is 2.76. The highest BCUT2D eigenvalue weighted by Gasteiger charge is 2.31. The molecule has 1 aromatic rings. The average molecular weight is 308 g/mol. The lowest BCUT2D eigenvalue weighted by atomic mass is 10.2. The number of aryl methyl sites for hydroxylation is 1. The van der Waals surface area contributed by atoms with Crippen LogP contribution in [0.15, 0.2) is 12.5 Å². The van der Waals surface area contributed by atoms with E-state index in [1.54, 1.807) is 0 Å². The van der Waals surface area contributed by atoms with Gasteiger partial charge in [0.25, 0.3) is 0 Å². The monoisotopic (exact) mass is 308 g/mol. The SMILES string of the molecule is CCn1cncc1CNCC1CCCN1C(=O)OC(C)(C)C. The molecule has 0 saturated carbocycles. The fourth-order valence-electron chi connectivity index (χ4n) is 2.76. The lowest BCUT2D eigenvalue weighted by molar-refractivity contribution is 0.0226. The first-order chi connectivity index (χ1) is 10.4. The summed E-state index contributed by atoms with van der Waals surface area (Å²) in [5, 5.41) is 3.44. The van der Waals surface area contributed by atoms with Crippen molar-refractivity contribution in [3.05, 3.63) is 18.2 Å². The summed E-state index contributed by atoms with van der Waals surface area (Å²) in [5.74, 6) is 0. The highest BCUT2D eigenvalue weighted by molar-refractivity contribution is 5.69. The molecule has 124 valence electrons. The smallest absolute Gasteiger partial charge is 0.410 e. The van der Waals surface area contributed by atoms with Crippen LogP contribution in [0.2, 0.25) is 0 Å². The molecule has 1 aliphatic rings. The zero-order valence-corrected chi connectivity index (χ0v) is 14.1. The second-order valence-corrected chi connectivity index (χ2v) is 6.77. The Labute approximate surface area is 132 Å². The molecule has 1 atom stereocenters. The van der Waals surface area contributed by atoms with Crippen molar-refractivity contribution in [1.82, 2.24) is 19.8 Å². The van der Waals surface area contributed by atoms with Crippen molar-refractivity contribution in [3.8, 4) is 0 Å². The van der Waals surface area contributed by atoms with Gasteiger partial charge in [0.1, 0.15) is 5.60 Å². The average Bonchev–Trinajstić information content (AvgIpc) is 3.05. The number of carbonyl (C=O) groups is 1. The van der Waals surface area contributed by atoms with Crippen molar-refractivity contribution in [2.24, 2.45) is 0 Å². The van der Waals surface area contributed by atoms with Crippen LogP contribution in [0.5, 0.6) is 0 Å². The summed E-state index contributed by atoms with van der Waals surface area (Å²) in [4.78, 5) is 18.2. The van der Waals surface area contributed by atoms with Gasteiger partial charge < -0.3 is 19.5 Å². The summed E-state index contributed by atoms with van der Waals surface area (Å²) in [5.41, 5.74) is 0.731. The Bertz CT molecular complexity index is 493. The van der Waals surface area contributed by atoms with Gasteiger partial charge in [-0.15, -0.1) is 0 Å². The highest BCUT2D eigenvalue weighted by Crippen LogP contribution is 2.20. The van der Waals surface area contributed by atoms with Gasteiger partial charge in [-0.25, -0.2) is 9.78 Å². The lowest BCUT2D eigenvalue weighted by Crippen LogP contribution is -2.44. The summed E-state index contributed by atoms with van der Waals surface area (Å²) in [6.45, 7) is 11.1. The van der Waals surface area contributed by atoms with Gasteiger partial charge in [-0.2, -0.15) is 0 Å². The third-order valence-electron chi connectivity index (χ3n) is 3.83. The maximum absolute atomic E-state index is 12.2. The van der Waals surface area contributed by atoms with Crippen LogP contribution in [0.25, 0.3) is 0 Å². The molecule has 1 saturated heterocycles. The number of carbonyl (C=O) groups excluding carboxylic acids is 1. The molecule has 2 rings (SSSR count). The van der Waals surface area contributed by atoms with Crippen LogP contribution in [0.4, 0.5) is 4.79 Å². The number of rotatable bonds is 5. The molecule has 0 aromatic carbocycles. The molecule has 1 unspecified atom stereocenters. The van der Waals surface area contributed by atoms with Crippen LogP contribution in [-0.4, -0.2) is 45.3 Å². The molecular formula is C16H28N4O2. The minimum absolute atomic E-state index is 0.199. The van der Waals surface area contributed by atoms with Crippen molar-refractivity contribution in [2.75, 3.05) is 13.1 Å². The Hall–Kier alpha value is -1.56. The maximum Gasteiger partial charge on any atom is 0.410 e. The lowest BCUT2D eigenvalue weighted by Gasteiger charge is -2.28. The van der Waals surface area contributed by atoms with Crippen molar-refractivity contribution < 1.29 is 9.53 Å². The van der Waals surface area contributed by atoms with E-state index in [9.17, 15) is 4.79 Å². The van der Waals surface area contributed by atoms with E-state index >= 15 is 0 Å². The van der Waals surface area contributed by atoms with E-state index < -0.39 is 5.60 Å². The Morgan fingerprint density at radius 1 is 1.50 bits per heavy atom. The standard InChI is InChI=1S/C16H28N4O2/c1-5-19-12-18-11-14(19)10-17-9-13-7-6-8-20(13)15(21)22-16(2,3)4/h11-13,17H,5-10H2,1-4H3. The maximum atomic E-state index is 12.2. The molecule has 6 nitrogen and oxygen atoms in total. The second-order valence-electron chi connectivity index (χ2n) is 6.77. The number of nitrogens with one attached hydrogen (secondary N) is 1. The van der Waals surface area contributed by atoms with E-state index in [1.165, 1.54) is 5.69 Å². The van der Waals surface area contributed by atoms with Crippen LogP contribution < -0.4 is 5.32 Å². The molecule has 22 heavy (non-hydrogen) atoms. The number of nitrogens with zero attached hydrogens (tertiary/aromatic N) is 3. The minimum atomic E-state index is -0.439. The zero-order valence-electron chi connectivity index (χ0n) is 14.1. The minimum Gasteiger partial charge on any atom is -0.444 e. The van der Waals surface area contributed by atoms with E-state index in [-0.39, 0.29) is 12.1 Å². The van der Waals surface area contributed by atoms with Gasteiger partial charge in [0, 0.05) is 38.4 Å². The molecule has 1 amide bonds. The largest absolute Gasteiger partial charge is 0.444 e.